The van der Waals surface area contributed by atoms with Crippen LogP contribution in [0.2, 0.25) is 0 Å². The number of halogens is 2. The second kappa shape index (κ2) is 8.06. The van der Waals surface area contributed by atoms with Crippen LogP contribution in [0.4, 0.5) is 10.5 Å². The molecule has 0 aliphatic carbocycles. The smallest absolute Gasteiger partial charge is 0.335 e. The summed E-state index contributed by atoms with van der Waals surface area (Å²) in [7, 11) is 0. The molecule has 0 aromatic heterocycles. The molecule has 2 aromatic rings. The Bertz CT molecular complexity index is 958. The molecule has 4 amide bonds. The number of anilines is 1. The van der Waals surface area contributed by atoms with Gasteiger partial charge in [0.15, 0.2) is 0 Å². The molecule has 1 fully saturated rings. The minimum atomic E-state index is -0.784. The summed E-state index contributed by atoms with van der Waals surface area (Å²) in [6, 6.07) is 11.2. The first kappa shape index (κ1) is 19.3. The van der Waals surface area contributed by atoms with Crippen molar-refractivity contribution in [3.63, 3.8) is 0 Å². The van der Waals surface area contributed by atoms with Gasteiger partial charge in [0.25, 0.3) is 11.8 Å². The van der Waals surface area contributed by atoms with E-state index in [2.05, 4.69) is 37.2 Å². The van der Waals surface area contributed by atoms with E-state index in [4.69, 9.17) is 4.74 Å². The van der Waals surface area contributed by atoms with Crippen LogP contribution in [0.25, 0.3) is 6.08 Å². The van der Waals surface area contributed by atoms with Crippen LogP contribution in [0.15, 0.2) is 57.0 Å². The number of amides is 4. The van der Waals surface area contributed by atoms with Gasteiger partial charge in [0.05, 0.1) is 16.8 Å². The zero-order chi connectivity index (χ0) is 19.6. The number of carbonyl (C=O) groups excluding carboxylic acids is 3. The molecule has 0 atom stereocenters. The number of barbiturate groups is 1. The van der Waals surface area contributed by atoms with Gasteiger partial charge >= 0.3 is 6.03 Å². The van der Waals surface area contributed by atoms with Crippen LogP contribution in [0.1, 0.15) is 12.5 Å². The zero-order valence-corrected chi connectivity index (χ0v) is 17.3. The summed E-state index contributed by atoms with van der Waals surface area (Å²) < 4.78 is 7.04. The fraction of sp³-hybridized carbons (Fsp3) is 0.105. The summed E-state index contributed by atoms with van der Waals surface area (Å²) in [6.45, 7) is 2.24. The van der Waals surface area contributed by atoms with Crippen molar-refractivity contribution in [2.45, 2.75) is 6.92 Å². The normalized spacial score (nSPS) is 15.9. The number of ether oxygens (including phenoxy) is 1. The quantitative estimate of drug-likeness (QED) is 0.509. The van der Waals surface area contributed by atoms with Crippen molar-refractivity contribution in [1.82, 2.24) is 5.32 Å². The summed E-state index contributed by atoms with van der Waals surface area (Å²) in [5, 5.41) is 2.20. The Morgan fingerprint density at radius 1 is 1.11 bits per heavy atom. The lowest BCUT2D eigenvalue weighted by molar-refractivity contribution is -0.122. The number of para-hydroxylation sites is 1. The Kier molecular flexibility index (Phi) is 5.76. The molecule has 0 saturated carbocycles. The minimum absolute atomic E-state index is 0.163. The standard InChI is InChI=1S/C19H14Br2N2O4/c1-2-27-16-11(8-12(20)10-15(16)21)9-14-17(24)22-19(26)23(18(14)25)13-6-4-3-5-7-13/h3-10H,2H2,1H3,(H,22,24,26)/b14-9+. The molecule has 1 aliphatic heterocycles. The maximum atomic E-state index is 12.9. The van der Waals surface area contributed by atoms with Crippen LogP contribution < -0.4 is 15.0 Å². The number of rotatable bonds is 4. The highest BCUT2D eigenvalue weighted by Crippen LogP contribution is 2.35. The molecule has 0 bridgehead atoms. The molecular formula is C19H14Br2N2O4. The summed E-state index contributed by atoms with van der Waals surface area (Å²) in [4.78, 5) is 38.4. The maximum Gasteiger partial charge on any atom is 0.335 e. The van der Waals surface area contributed by atoms with Crippen LogP contribution >= 0.6 is 31.9 Å². The Hall–Kier alpha value is -2.45. The number of hydrogen-bond donors (Lipinski definition) is 1. The van der Waals surface area contributed by atoms with Crippen LogP contribution in [0.5, 0.6) is 5.75 Å². The van der Waals surface area contributed by atoms with E-state index in [1.165, 1.54) is 6.08 Å². The first-order valence-corrected chi connectivity index (χ1v) is 9.59. The van der Waals surface area contributed by atoms with E-state index in [9.17, 15) is 14.4 Å². The number of hydrogen-bond acceptors (Lipinski definition) is 4. The summed E-state index contributed by atoms with van der Waals surface area (Å²) >= 11 is 6.80. The molecule has 138 valence electrons. The molecule has 0 spiro atoms. The lowest BCUT2D eigenvalue weighted by Crippen LogP contribution is -2.54. The first-order chi connectivity index (χ1) is 12.9. The molecule has 1 heterocycles. The number of imide groups is 2. The molecular weight excluding hydrogens is 480 g/mol. The van der Waals surface area contributed by atoms with Gasteiger partial charge in [0.2, 0.25) is 0 Å². The number of urea groups is 1. The van der Waals surface area contributed by atoms with Crippen molar-refractivity contribution < 1.29 is 19.1 Å². The Morgan fingerprint density at radius 3 is 2.48 bits per heavy atom. The van der Waals surface area contributed by atoms with E-state index in [-0.39, 0.29) is 5.57 Å². The van der Waals surface area contributed by atoms with Gasteiger partial charge in [0, 0.05) is 10.0 Å². The van der Waals surface area contributed by atoms with Gasteiger partial charge in [-0.25, -0.2) is 9.69 Å². The Morgan fingerprint density at radius 2 is 1.81 bits per heavy atom. The van der Waals surface area contributed by atoms with Crippen LogP contribution in [0.3, 0.4) is 0 Å². The van der Waals surface area contributed by atoms with Crippen molar-refractivity contribution in [1.29, 1.82) is 0 Å². The van der Waals surface area contributed by atoms with E-state index < -0.39 is 17.8 Å². The maximum absolute atomic E-state index is 12.9. The van der Waals surface area contributed by atoms with E-state index in [0.29, 0.717) is 28.1 Å². The fourth-order valence-electron chi connectivity index (χ4n) is 2.61. The van der Waals surface area contributed by atoms with Crippen molar-refractivity contribution in [3.8, 4) is 5.75 Å². The van der Waals surface area contributed by atoms with Crippen molar-refractivity contribution in [3.05, 3.63) is 62.5 Å². The molecule has 8 heteroatoms. The summed E-state index contributed by atoms with van der Waals surface area (Å²) in [5.74, 6) is -0.957. The molecule has 1 saturated heterocycles. The van der Waals surface area contributed by atoms with Gasteiger partial charge < -0.3 is 4.74 Å². The number of nitrogens with one attached hydrogen (secondary N) is 1. The monoisotopic (exact) mass is 492 g/mol. The molecule has 0 unspecified atom stereocenters. The number of benzene rings is 2. The first-order valence-electron chi connectivity index (χ1n) is 8.00. The van der Waals surface area contributed by atoms with E-state index >= 15 is 0 Å². The second-order valence-electron chi connectivity index (χ2n) is 5.53. The highest BCUT2D eigenvalue weighted by Gasteiger charge is 2.37. The van der Waals surface area contributed by atoms with Gasteiger partial charge in [-0.3, -0.25) is 14.9 Å². The predicted octanol–water partition coefficient (Wildman–Crippen LogP) is 4.28. The molecule has 1 N–H and O–H groups in total. The fourth-order valence-corrected chi connectivity index (χ4v) is 3.98. The van der Waals surface area contributed by atoms with E-state index in [1.807, 2.05) is 6.92 Å². The van der Waals surface area contributed by atoms with Gasteiger partial charge in [-0.1, -0.05) is 34.1 Å². The minimum Gasteiger partial charge on any atom is -0.492 e. The molecule has 27 heavy (non-hydrogen) atoms. The number of carbonyl (C=O) groups is 3. The zero-order valence-electron chi connectivity index (χ0n) is 14.2. The van der Waals surface area contributed by atoms with Gasteiger partial charge in [0.1, 0.15) is 11.3 Å². The summed E-state index contributed by atoms with van der Waals surface area (Å²) in [6.07, 6.45) is 1.42. The Balaban J connectivity index is 2.09. The van der Waals surface area contributed by atoms with Crippen LogP contribution in [-0.4, -0.2) is 24.5 Å². The lowest BCUT2D eigenvalue weighted by atomic mass is 10.1. The number of nitrogens with zero attached hydrogens (tertiary/aromatic N) is 1. The largest absolute Gasteiger partial charge is 0.492 e. The van der Waals surface area contributed by atoms with E-state index in [0.717, 1.165) is 9.37 Å². The average molecular weight is 494 g/mol. The van der Waals surface area contributed by atoms with Crippen LogP contribution in [-0.2, 0) is 9.59 Å². The van der Waals surface area contributed by atoms with Crippen molar-refractivity contribution >= 4 is 61.5 Å². The molecule has 3 rings (SSSR count). The topological polar surface area (TPSA) is 75.7 Å². The van der Waals surface area contributed by atoms with Gasteiger partial charge in [-0.15, -0.1) is 0 Å². The van der Waals surface area contributed by atoms with Crippen LogP contribution in [0, 0.1) is 0 Å². The molecule has 1 aliphatic rings. The van der Waals surface area contributed by atoms with Crippen molar-refractivity contribution in [2.75, 3.05) is 11.5 Å². The predicted molar refractivity (Wildman–Crippen MR) is 108 cm³/mol. The second-order valence-corrected chi connectivity index (χ2v) is 7.30. The third-order valence-electron chi connectivity index (χ3n) is 3.74. The van der Waals surface area contributed by atoms with Gasteiger partial charge in [-0.05, 0) is 53.2 Å². The average Bonchev–Trinajstić information content (AvgIpc) is 2.62. The Labute approximate surface area is 172 Å². The van der Waals surface area contributed by atoms with Gasteiger partial charge in [-0.2, -0.15) is 0 Å². The third kappa shape index (κ3) is 3.96. The lowest BCUT2D eigenvalue weighted by Gasteiger charge is -2.26. The summed E-state index contributed by atoms with van der Waals surface area (Å²) in [5.41, 5.74) is 0.738. The molecule has 6 nitrogen and oxygen atoms in total. The van der Waals surface area contributed by atoms with Crippen molar-refractivity contribution in [2.24, 2.45) is 0 Å². The third-order valence-corrected chi connectivity index (χ3v) is 4.79. The van der Waals surface area contributed by atoms with E-state index in [1.54, 1.807) is 42.5 Å². The molecule has 2 aromatic carbocycles. The molecule has 0 radical (unpaired) electrons. The highest BCUT2D eigenvalue weighted by atomic mass is 79.9. The highest BCUT2D eigenvalue weighted by molar-refractivity contribution is 9.11. The SMILES string of the molecule is CCOc1c(Br)cc(Br)cc1/C=C1\C(=O)NC(=O)N(c2ccccc2)C1=O.